The first-order valence-corrected chi connectivity index (χ1v) is 11.3. The third kappa shape index (κ3) is 4.93. The lowest BCUT2D eigenvalue weighted by Crippen LogP contribution is -2.24. The van der Waals surface area contributed by atoms with E-state index in [1.807, 2.05) is 24.3 Å². The number of benzene rings is 1. The van der Waals surface area contributed by atoms with Crippen LogP contribution in [0, 0.1) is 11.8 Å². The predicted octanol–water partition coefficient (Wildman–Crippen LogP) is 4.94. The second kappa shape index (κ2) is 9.85. The van der Waals surface area contributed by atoms with Gasteiger partial charge < -0.3 is 5.11 Å². The number of Topliss-reactive ketones (excluding diaryl/α,β-unsaturated/α-hetero) is 1. The molecule has 2 N–H and O–H groups in total. The van der Waals surface area contributed by atoms with Crippen molar-refractivity contribution in [2.24, 2.45) is 11.8 Å². The Labute approximate surface area is 187 Å². The van der Waals surface area contributed by atoms with Gasteiger partial charge >= 0.3 is 5.97 Å². The number of hydrogen-bond donors (Lipinski definition) is 2. The molecule has 7 nitrogen and oxygen atoms in total. The molecule has 4 rings (SSSR count). The minimum absolute atomic E-state index is 0.0343. The smallest absolute Gasteiger partial charge is 0.337 e. The maximum Gasteiger partial charge on any atom is 0.337 e. The van der Waals surface area contributed by atoms with Crippen molar-refractivity contribution in [3.8, 4) is 11.1 Å². The number of aromatic carboxylic acids is 1. The van der Waals surface area contributed by atoms with Crippen molar-refractivity contribution in [2.75, 3.05) is 0 Å². The largest absolute Gasteiger partial charge is 0.478 e. The van der Waals surface area contributed by atoms with E-state index in [0.717, 1.165) is 36.8 Å². The monoisotopic (exact) mass is 432 g/mol. The Morgan fingerprint density at radius 1 is 1.16 bits per heavy atom. The van der Waals surface area contributed by atoms with Crippen LogP contribution in [0.1, 0.15) is 77.8 Å². The highest BCUT2D eigenvalue weighted by Gasteiger charge is 2.29. The standard InChI is InChI=1S/C25H28N4O3/c1-2-4-16-5-3-6-19(13-16)23(30)24-27-22(28-29-24)14-17-7-9-18(10-8-17)20-11-12-26-15-21(20)25(31)32/h7-12,15-16,19H,2-6,13-14H2,1H3,(H,31,32)(H,27,28,29). The number of carbonyl (C=O) groups excluding carboxylic acids is 1. The summed E-state index contributed by atoms with van der Waals surface area (Å²) < 4.78 is 0. The lowest BCUT2D eigenvalue weighted by atomic mass is 9.77. The molecule has 0 amide bonds. The number of hydrogen-bond acceptors (Lipinski definition) is 5. The first-order chi connectivity index (χ1) is 15.5. The second-order valence-electron chi connectivity index (χ2n) is 8.59. The molecule has 1 aromatic carbocycles. The van der Waals surface area contributed by atoms with E-state index in [9.17, 15) is 14.7 Å². The topological polar surface area (TPSA) is 109 Å². The van der Waals surface area contributed by atoms with Crippen LogP contribution in [0.15, 0.2) is 42.7 Å². The molecule has 1 saturated carbocycles. The first kappa shape index (κ1) is 21.9. The van der Waals surface area contributed by atoms with E-state index in [2.05, 4.69) is 27.1 Å². The molecule has 0 saturated heterocycles. The van der Waals surface area contributed by atoms with Crippen molar-refractivity contribution in [3.05, 3.63) is 65.5 Å². The molecule has 0 bridgehead atoms. The number of H-pyrrole nitrogens is 1. The Kier molecular flexibility index (Phi) is 6.73. The van der Waals surface area contributed by atoms with Gasteiger partial charge in [0.15, 0.2) is 0 Å². The molecule has 1 aliphatic carbocycles. The summed E-state index contributed by atoms with van der Waals surface area (Å²) in [5, 5.41) is 16.5. The number of carboxylic acid groups (broad SMARTS) is 1. The molecule has 2 heterocycles. The van der Waals surface area contributed by atoms with E-state index >= 15 is 0 Å². The van der Waals surface area contributed by atoms with Gasteiger partial charge in [0, 0.05) is 24.7 Å². The molecule has 1 fully saturated rings. The Morgan fingerprint density at radius 2 is 1.97 bits per heavy atom. The van der Waals surface area contributed by atoms with Crippen LogP contribution >= 0.6 is 0 Å². The van der Waals surface area contributed by atoms with Crippen LogP contribution in [0.5, 0.6) is 0 Å². The van der Waals surface area contributed by atoms with Gasteiger partial charge in [0.25, 0.3) is 0 Å². The van der Waals surface area contributed by atoms with Crippen molar-refractivity contribution < 1.29 is 14.7 Å². The molecule has 2 atom stereocenters. The van der Waals surface area contributed by atoms with Crippen molar-refractivity contribution >= 4 is 11.8 Å². The van der Waals surface area contributed by atoms with E-state index in [-0.39, 0.29) is 17.3 Å². The Bertz CT molecular complexity index is 1090. The van der Waals surface area contributed by atoms with Crippen LogP contribution in [-0.4, -0.2) is 37.0 Å². The van der Waals surface area contributed by atoms with Gasteiger partial charge in [-0.3, -0.25) is 14.9 Å². The van der Waals surface area contributed by atoms with Crippen LogP contribution in [0.4, 0.5) is 0 Å². The number of aromatic nitrogens is 4. The van der Waals surface area contributed by atoms with Crippen molar-refractivity contribution in [3.63, 3.8) is 0 Å². The van der Waals surface area contributed by atoms with Gasteiger partial charge in [-0.15, -0.1) is 0 Å². The highest BCUT2D eigenvalue weighted by Crippen LogP contribution is 2.33. The van der Waals surface area contributed by atoms with E-state index < -0.39 is 5.97 Å². The van der Waals surface area contributed by atoms with E-state index in [4.69, 9.17) is 0 Å². The number of pyridine rings is 1. The average Bonchev–Trinajstić information content (AvgIpc) is 3.28. The molecule has 2 aromatic heterocycles. The molecular weight excluding hydrogens is 404 g/mol. The zero-order valence-corrected chi connectivity index (χ0v) is 18.3. The SMILES string of the molecule is CCCC1CCCC(C(=O)c2n[nH]c(Cc3ccc(-c4ccncc4C(=O)O)cc3)n2)C1. The van der Waals surface area contributed by atoms with Gasteiger partial charge in [-0.1, -0.05) is 56.9 Å². The Balaban J connectivity index is 1.43. The average molecular weight is 433 g/mol. The van der Waals surface area contributed by atoms with Gasteiger partial charge in [0.1, 0.15) is 5.82 Å². The van der Waals surface area contributed by atoms with Gasteiger partial charge in [-0.05, 0) is 41.5 Å². The summed E-state index contributed by atoms with van der Waals surface area (Å²) in [6.07, 6.45) is 10.0. The molecule has 1 aliphatic rings. The number of carbonyl (C=O) groups is 2. The highest BCUT2D eigenvalue weighted by molar-refractivity contribution is 5.95. The maximum absolute atomic E-state index is 12.9. The fourth-order valence-corrected chi connectivity index (χ4v) is 4.68. The summed E-state index contributed by atoms with van der Waals surface area (Å²) in [4.78, 5) is 32.7. The molecule has 166 valence electrons. The molecule has 32 heavy (non-hydrogen) atoms. The molecular formula is C25H28N4O3. The first-order valence-electron chi connectivity index (χ1n) is 11.3. The molecule has 0 aliphatic heterocycles. The highest BCUT2D eigenvalue weighted by atomic mass is 16.4. The van der Waals surface area contributed by atoms with Crippen molar-refractivity contribution in [2.45, 2.75) is 51.9 Å². The van der Waals surface area contributed by atoms with Gasteiger partial charge in [-0.2, -0.15) is 5.10 Å². The number of rotatable bonds is 8. The zero-order valence-electron chi connectivity index (χ0n) is 18.3. The number of ketones is 1. The summed E-state index contributed by atoms with van der Waals surface area (Å²) in [5.74, 6) is 0.671. The van der Waals surface area contributed by atoms with Gasteiger partial charge in [0.2, 0.25) is 11.6 Å². The summed E-state index contributed by atoms with van der Waals surface area (Å²) in [5.41, 5.74) is 2.60. The lowest BCUT2D eigenvalue weighted by Gasteiger charge is -2.27. The van der Waals surface area contributed by atoms with Gasteiger partial charge in [-0.25, -0.2) is 9.78 Å². The Morgan fingerprint density at radius 3 is 2.72 bits per heavy atom. The van der Waals surface area contributed by atoms with E-state index in [1.165, 1.54) is 19.0 Å². The fourth-order valence-electron chi connectivity index (χ4n) is 4.68. The third-order valence-corrected chi connectivity index (χ3v) is 6.29. The van der Waals surface area contributed by atoms with Crippen LogP contribution in [0.3, 0.4) is 0 Å². The van der Waals surface area contributed by atoms with Crippen molar-refractivity contribution in [1.29, 1.82) is 0 Å². The number of aromatic amines is 1. The Hall–Kier alpha value is -3.35. The number of carboxylic acids is 1. The molecule has 0 spiro atoms. The molecule has 0 radical (unpaired) electrons. The second-order valence-corrected chi connectivity index (χ2v) is 8.59. The quantitative estimate of drug-likeness (QED) is 0.488. The molecule has 7 heteroatoms. The minimum Gasteiger partial charge on any atom is -0.478 e. The zero-order chi connectivity index (χ0) is 22.5. The number of nitrogens with one attached hydrogen (secondary N) is 1. The van der Waals surface area contributed by atoms with Crippen LogP contribution in [-0.2, 0) is 6.42 Å². The van der Waals surface area contributed by atoms with E-state index in [0.29, 0.717) is 29.6 Å². The van der Waals surface area contributed by atoms with Crippen molar-refractivity contribution in [1.82, 2.24) is 20.2 Å². The summed E-state index contributed by atoms with van der Waals surface area (Å²) in [6, 6.07) is 9.33. The summed E-state index contributed by atoms with van der Waals surface area (Å²) >= 11 is 0. The predicted molar refractivity (Wildman–Crippen MR) is 121 cm³/mol. The summed E-state index contributed by atoms with van der Waals surface area (Å²) in [6.45, 7) is 2.20. The summed E-state index contributed by atoms with van der Waals surface area (Å²) in [7, 11) is 0. The van der Waals surface area contributed by atoms with E-state index in [1.54, 1.807) is 12.3 Å². The van der Waals surface area contributed by atoms with Gasteiger partial charge in [0.05, 0.1) is 5.56 Å². The third-order valence-electron chi connectivity index (χ3n) is 6.29. The van der Waals surface area contributed by atoms with Crippen LogP contribution in [0.25, 0.3) is 11.1 Å². The lowest BCUT2D eigenvalue weighted by molar-refractivity contribution is 0.0697. The fraction of sp³-hybridized carbons (Fsp3) is 0.400. The van der Waals surface area contributed by atoms with Crippen LogP contribution < -0.4 is 0 Å². The van der Waals surface area contributed by atoms with Crippen LogP contribution in [0.2, 0.25) is 0 Å². The molecule has 2 unspecified atom stereocenters. The maximum atomic E-state index is 12.9. The minimum atomic E-state index is -1.00. The molecule has 3 aromatic rings. The number of nitrogens with zero attached hydrogens (tertiary/aromatic N) is 3. The normalized spacial score (nSPS) is 18.4.